The van der Waals surface area contributed by atoms with Crippen LogP contribution in [0.4, 0.5) is 30.8 Å². The Hall–Kier alpha value is -3.62. The molecule has 29 heavy (non-hydrogen) atoms. The summed E-state index contributed by atoms with van der Waals surface area (Å²) in [6.45, 7) is 0.201. The number of nitrogens with one attached hydrogen (secondary N) is 2. The van der Waals surface area contributed by atoms with Crippen molar-refractivity contribution in [1.82, 2.24) is 19.5 Å². The molecule has 2 heterocycles. The minimum absolute atomic E-state index is 0.201. The van der Waals surface area contributed by atoms with Crippen molar-refractivity contribution in [3.8, 4) is 0 Å². The summed E-state index contributed by atoms with van der Waals surface area (Å²) < 4.78 is 40.4. The first-order valence-corrected chi connectivity index (χ1v) is 8.81. The molecule has 9 heteroatoms. The van der Waals surface area contributed by atoms with E-state index in [1.807, 2.05) is 35.9 Å². The molecule has 0 bridgehead atoms. The largest absolute Gasteiger partial charge is 0.416 e. The number of anilines is 3. The van der Waals surface area contributed by atoms with E-state index < -0.39 is 11.7 Å². The van der Waals surface area contributed by atoms with Crippen LogP contribution in [0.3, 0.4) is 0 Å². The zero-order valence-corrected chi connectivity index (χ0v) is 15.4. The lowest BCUT2D eigenvalue weighted by Crippen LogP contribution is -2.08. The van der Waals surface area contributed by atoms with Crippen LogP contribution in [0.2, 0.25) is 0 Å². The molecule has 0 fully saturated rings. The van der Waals surface area contributed by atoms with Gasteiger partial charge >= 0.3 is 6.18 Å². The summed E-state index contributed by atoms with van der Waals surface area (Å²) >= 11 is 0. The summed E-state index contributed by atoms with van der Waals surface area (Å²) in [5.74, 6) is 1.62. The fraction of sp³-hybridized carbons (Fsp3) is 0.150. The van der Waals surface area contributed by atoms with Gasteiger partial charge in [0.15, 0.2) is 0 Å². The summed E-state index contributed by atoms with van der Waals surface area (Å²) in [5.41, 5.74) is 1.66. The second-order valence-electron chi connectivity index (χ2n) is 6.45. The number of imidazole rings is 1. The summed E-state index contributed by atoms with van der Waals surface area (Å²) in [7, 11) is 1.89. The Balaban J connectivity index is 1.48. The van der Waals surface area contributed by atoms with Gasteiger partial charge in [0.25, 0.3) is 0 Å². The van der Waals surface area contributed by atoms with Crippen LogP contribution in [0.15, 0.2) is 60.9 Å². The lowest BCUT2D eigenvalue weighted by atomic mass is 10.1. The molecule has 2 aromatic heterocycles. The molecule has 0 atom stereocenters. The number of rotatable bonds is 5. The zero-order chi connectivity index (χ0) is 20.4. The first kappa shape index (κ1) is 18.7. The number of nitrogens with zero attached hydrogens (tertiary/aromatic N) is 4. The third kappa shape index (κ3) is 4.13. The molecule has 0 unspecified atom stereocenters. The van der Waals surface area contributed by atoms with Crippen LogP contribution in [0.5, 0.6) is 0 Å². The second kappa shape index (κ2) is 7.42. The summed E-state index contributed by atoms with van der Waals surface area (Å²) in [6.07, 6.45) is -2.99. The van der Waals surface area contributed by atoms with Crippen molar-refractivity contribution in [2.75, 3.05) is 10.6 Å². The van der Waals surface area contributed by atoms with Crippen molar-refractivity contribution < 1.29 is 13.2 Å². The maximum Gasteiger partial charge on any atom is 0.416 e. The molecule has 6 nitrogen and oxygen atoms in total. The standard InChI is InChI=1S/C20H17F3N6/c1-29-16-8-3-2-7-15(16)27-19(29)28-18-10-17(25-12-26-18)24-11-13-5-4-6-14(9-13)20(21,22)23/h2-10,12H,11H2,1H3,(H2,24,25,26,27,28). The summed E-state index contributed by atoms with van der Waals surface area (Å²) in [6, 6.07) is 14.6. The van der Waals surface area contributed by atoms with Gasteiger partial charge < -0.3 is 15.2 Å². The number of fused-ring (bicyclic) bond motifs is 1. The van der Waals surface area contributed by atoms with E-state index in [-0.39, 0.29) is 6.54 Å². The number of hydrogen-bond acceptors (Lipinski definition) is 5. The van der Waals surface area contributed by atoms with Crippen LogP contribution in [0, 0.1) is 0 Å². The van der Waals surface area contributed by atoms with E-state index in [0.717, 1.165) is 23.2 Å². The Kier molecular flexibility index (Phi) is 4.79. The normalized spacial score (nSPS) is 11.6. The second-order valence-corrected chi connectivity index (χ2v) is 6.45. The van der Waals surface area contributed by atoms with Crippen LogP contribution in [-0.2, 0) is 19.8 Å². The molecule has 148 valence electrons. The van der Waals surface area contributed by atoms with Gasteiger partial charge in [-0.25, -0.2) is 15.0 Å². The predicted molar refractivity (Wildman–Crippen MR) is 105 cm³/mol. The van der Waals surface area contributed by atoms with E-state index >= 15 is 0 Å². The lowest BCUT2D eigenvalue weighted by molar-refractivity contribution is -0.137. The molecule has 0 saturated carbocycles. The molecule has 0 radical (unpaired) electrons. The first-order valence-electron chi connectivity index (χ1n) is 8.81. The minimum atomic E-state index is -4.37. The van der Waals surface area contributed by atoms with Crippen molar-refractivity contribution in [1.29, 1.82) is 0 Å². The molecular formula is C20H17F3N6. The Bertz CT molecular complexity index is 1150. The van der Waals surface area contributed by atoms with Crippen LogP contribution < -0.4 is 10.6 Å². The number of aryl methyl sites for hydroxylation is 1. The van der Waals surface area contributed by atoms with E-state index in [4.69, 9.17) is 0 Å². The molecule has 0 spiro atoms. The smallest absolute Gasteiger partial charge is 0.366 e. The van der Waals surface area contributed by atoms with Gasteiger partial charge in [0.1, 0.15) is 18.0 Å². The monoisotopic (exact) mass is 398 g/mol. The van der Waals surface area contributed by atoms with E-state index in [1.54, 1.807) is 12.1 Å². The molecule has 2 aromatic carbocycles. The average molecular weight is 398 g/mol. The zero-order valence-electron chi connectivity index (χ0n) is 15.4. The third-order valence-electron chi connectivity index (χ3n) is 4.42. The molecule has 0 aliphatic rings. The van der Waals surface area contributed by atoms with E-state index in [0.29, 0.717) is 23.1 Å². The van der Waals surface area contributed by atoms with Crippen molar-refractivity contribution in [2.24, 2.45) is 7.05 Å². The highest BCUT2D eigenvalue weighted by atomic mass is 19.4. The first-order chi connectivity index (χ1) is 13.9. The topological polar surface area (TPSA) is 67.7 Å². The number of hydrogen-bond donors (Lipinski definition) is 2. The highest BCUT2D eigenvalue weighted by Gasteiger charge is 2.30. The quantitative estimate of drug-likeness (QED) is 0.508. The highest BCUT2D eigenvalue weighted by molar-refractivity contribution is 5.79. The van der Waals surface area contributed by atoms with Gasteiger partial charge in [-0.15, -0.1) is 0 Å². The molecule has 2 N–H and O–H groups in total. The fourth-order valence-electron chi connectivity index (χ4n) is 2.94. The fourth-order valence-corrected chi connectivity index (χ4v) is 2.94. The SMILES string of the molecule is Cn1c(Nc2cc(NCc3cccc(C(F)(F)F)c3)ncn2)nc2ccccc21. The van der Waals surface area contributed by atoms with Crippen molar-refractivity contribution in [3.63, 3.8) is 0 Å². The van der Waals surface area contributed by atoms with Crippen molar-refractivity contribution in [2.45, 2.75) is 12.7 Å². The Morgan fingerprint density at radius 2 is 1.76 bits per heavy atom. The number of aromatic nitrogens is 4. The number of para-hydroxylation sites is 2. The minimum Gasteiger partial charge on any atom is -0.366 e. The van der Waals surface area contributed by atoms with Gasteiger partial charge in [0.2, 0.25) is 5.95 Å². The molecular weight excluding hydrogens is 381 g/mol. The van der Waals surface area contributed by atoms with Crippen LogP contribution in [0.25, 0.3) is 11.0 Å². The van der Waals surface area contributed by atoms with Gasteiger partial charge in [0, 0.05) is 19.7 Å². The van der Waals surface area contributed by atoms with Crippen LogP contribution in [-0.4, -0.2) is 19.5 Å². The van der Waals surface area contributed by atoms with E-state index in [9.17, 15) is 13.2 Å². The molecule has 0 amide bonds. The van der Waals surface area contributed by atoms with Crippen molar-refractivity contribution in [3.05, 3.63) is 72.1 Å². The van der Waals surface area contributed by atoms with Gasteiger partial charge in [-0.3, -0.25) is 0 Å². The summed E-state index contributed by atoms with van der Waals surface area (Å²) in [4.78, 5) is 12.8. The van der Waals surface area contributed by atoms with E-state index in [1.165, 1.54) is 12.4 Å². The van der Waals surface area contributed by atoms with Crippen LogP contribution in [0.1, 0.15) is 11.1 Å². The van der Waals surface area contributed by atoms with Crippen molar-refractivity contribution >= 4 is 28.6 Å². The van der Waals surface area contributed by atoms with Gasteiger partial charge in [-0.1, -0.05) is 24.3 Å². The Labute approximate surface area is 164 Å². The Morgan fingerprint density at radius 1 is 0.966 bits per heavy atom. The molecule has 0 aliphatic heterocycles. The summed E-state index contributed by atoms with van der Waals surface area (Å²) in [5, 5.41) is 6.16. The lowest BCUT2D eigenvalue weighted by Gasteiger charge is -2.11. The van der Waals surface area contributed by atoms with Gasteiger partial charge in [-0.2, -0.15) is 13.2 Å². The average Bonchev–Trinajstić information content (AvgIpc) is 3.02. The molecule has 0 aliphatic carbocycles. The predicted octanol–water partition coefficient (Wildman–Crippen LogP) is 4.74. The molecule has 0 saturated heterocycles. The van der Waals surface area contributed by atoms with Crippen LogP contribution >= 0.6 is 0 Å². The third-order valence-corrected chi connectivity index (χ3v) is 4.42. The number of benzene rings is 2. The van der Waals surface area contributed by atoms with E-state index in [2.05, 4.69) is 25.6 Å². The molecule has 4 rings (SSSR count). The maximum absolute atomic E-state index is 12.8. The number of halogens is 3. The number of alkyl halides is 3. The Morgan fingerprint density at radius 3 is 2.55 bits per heavy atom. The van der Waals surface area contributed by atoms with Gasteiger partial charge in [0.05, 0.1) is 16.6 Å². The molecule has 4 aromatic rings. The highest BCUT2D eigenvalue weighted by Crippen LogP contribution is 2.29. The maximum atomic E-state index is 12.8. The van der Waals surface area contributed by atoms with Gasteiger partial charge in [-0.05, 0) is 29.8 Å².